The number of nitrogens with one attached hydrogen (secondary N) is 1. The first-order chi connectivity index (χ1) is 6.51. The molecule has 14 heavy (non-hydrogen) atoms. The number of hydrogen-bond acceptors (Lipinski definition) is 3. The predicted molar refractivity (Wildman–Crippen MR) is 54.9 cm³/mol. The third-order valence-corrected chi connectivity index (χ3v) is 2.19. The average Bonchev–Trinajstić information content (AvgIpc) is 2.20. The second-order valence-corrected chi connectivity index (χ2v) is 3.14. The topological polar surface area (TPSA) is 47.6 Å². The summed E-state index contributed by atoms with van der Waals surface area (Å²) in [6.07, 6.45) is 0.663. The number of methoxy groups -OCH3 is 2. The van der Waals surface area contributed by atoms with Gasteiger partial charge in [0, 0.05) is 26.2 Å². The maximum absolute atomic E-state index is 11.2. The molecule has 4 nitrogen and oxygen atoms in total. The Morgan fingerprint density at radius 3 is 2.21 bits per heavy atom. The molecule has 82 valence electrons. The zero-order valence-corrected chi connectivity index (χ0v) is 9.35. The van der Waals surface area contributed by atoms with E-state index in [1.54, 1.807) is 21.1 Å². The van der Waals surface area contributed by atoms with Crippen molar-refractivity contribution < 1.29 is 14.3 Å². The van der Waals surface area contributed by atoms with E-state index in [1.807, 2.05) is 6.92 Å². The van der Waals surface area contributed by atoms with Crippen molar-refractivity contribution in [2.24, 2.45) is 0 Å². The van der Waals surface area contributed by atoms with E-state index < -0.39 is 5.79 Å². The van der Waals surface area contributed by atoms with Gasteiger partial charge >= 0.3 is 0 Å². The van der Waals surface area contributed by atoms with Gasteiger partial charge in [-0.15, -0.1) is 0 Å². The van der Waals surface area contributed by atoms with E-state index >= 15 is 0 Å². The molecule has 1 amide bonds. The Bertz CT molecular complexity index is 201. The minimum Gasteiger partial charge on any atom is -0.352 e. The third kappa shape index (κ3) is 3.47. The molecule has 0 heterocycles. The minimum atomic E-state index is -0.731. The SMILES string of the molecule is C=C(C)C(=O)NCC(CC)(OC)OC. The Morgan fingerprint density at radius 2 is 1.93 bits per heavy atom. The molecule has 0 saturated carbocycles. The van der Waals surface area contributed by atoms with E-state index in [0.717, 1.165) is 0 Å². The zero-order chi connectivity index (χ0) is 11.2. The maximum atomic E-state index is 11.2. The summed E-state index contributed by atoms with van der Waals surface area (Å²) in [6.45, 7) is 7.45. The summed E-state index contributed by atoms with van der Waals surface area (Å²) >= 11 is 0. The molecular weight excluding hydrogens is 182 g/mol. The Labute approximate surface area is 85.3 Å². The van der Waals surface area contributed by atoms with Crippen LogP contribution in [0.4, 0.5) is 0 Å². The van der Waals surface area contributed by atoms with Crippen molar-refractivity contribution in [1.29, 1.82) is 0 Å². The van der Waals surface area contributed by atoms with Crippen LogP contribution in [0.3, 0.4) is 0 Å². The first-order valence-corrected chi connectivity index (χ1v) is 4.55. The van der Waals surface area contributed by atoms with Crippen molar-refractivity contribution in [3.63, 3.8) is 0 Å². The maximum Gasteiger partial charge on any atom is 0.246 e. The summed E-state index contributed by atoms with van der Waals surface area (Å²) in [5.41, 5.74) is 0.474. The molecule has 0 rings (SSSR count). The van der Waals surface area contributed by atoms with E-state index in [1.165, 1.54) is 0 Å². The molecule has 0 aliphatic rings. The monoisotopic (exact) mass is 201 g/mol. The molecule has 0 saturated heterocycles. The van der Waals surface area contributed by atoms with Gasteiger partial charge in [-0.05, 0) is 6.92 Å². The van der Waals surface area contributed by atoms with Crippen LogP contribution in [0.1, 0.15) is 20.3 Å². The number of carbonyl (C=O) groups excluding carboxylic acids is 1. The van der Waals surface area contributed by atoms with Gasteiger partial charge in [0.1, 0.15) is 0 Å². The summed E-state index contributed by atoms with van der Waals surface area (Å²) in [6, 6.07) is 0. The van der Waals surface area contributed by atoms with Crippen LogP contribution in [0, 0.1) is 0 Å². The van der Waals surface area contributed by atoms with E-state index in [4.69, 9.17) is 9.47 Å². The highest BCUT2D eigenvalue weighted by atomic mass is 16.7. The lowest BCUT2D eigenvalue weighted by Crippen LogP contribution is -2.45. The van der Waals surface area contributed by atoms with E-state index in [0.29, 0.717) is 18.5 Å². The first-order valence-electron chi connectivity index (χ1n) is 4.55. The summed E-state index contributed by atoms with van der Waals surface area (Å²) in [4.78, 5) is 11.2. The number of rotatable bonds is 6. The van der Waals surface area contributed by atoms with Crippen molar-refractivity contribution >= 4 is 5.91 Å². The smallest absolute Gasteiger partial charge is 0.246 e. The summed E-state index contributed by atoms with van der Waals surface area (Å²) in [7, 11) is 3.11. The molecule has 0 aromatic carbocycles. The van der Waals surface area contributed by atoms with Crippen LogP contribution >= 0.6 is 0 Å². The minimum absolute atomic E-state index is 0.183. The lowest BCUT2D eigenvalue weighted by molar-refractivity contribution is -0.204. The first kappa shape index (κ1) is 13.1. The van der Waals surface area contributed by atoms with E-state index in [-0.39, 0.29) is 5.91 Å². The van der Waals surface area contributed by atoms with Crippen molar-refractivity contribution in [2.75, 3.05) is 20.8 Å². The van der Waals surface area contributed by atoms with E-state index in [2.05, 4.69) is 11.9 Å². The van der Waals surface area contributed by atoms with Crippen LogP contribution in [0.2, 0.25) is 0 Å². The number of hydrogen-bond donors (Lipinski definition) is 1. The Hall–Kier alpha value is -0.870. The molecule has 0 radical (unpaired) electrons. The lowest BCUT2D eigenvalue weighted by Gasteiger charge is -2.29. The number of ether oxygens (including phenoxy) is 2. The van der Waals surface area contributed by atoms with Crippen LogP contribution in [0.25, 0.3) is 0 Å². The summed E-state index contributed by atoms with van der Waals surface area (Å²) < 4.78 is 10.4. The number of carbonyl (C=O) groups is 1. The van der Waals surface area contributed by atoms with Gasteiger partial charge in [-0.3, -0.25) is 4.79 Å². The average molecular weight is 201 g/mol. The molecule has 0 aliphatic heterocycles. The van der Waals surface area contributed by atoms with Crippen molar-refractivity contribution in [2.45, 2.75) is 26.1 Å². The second-order valence-electron chi connectivity index (χ2n) is 3.14. The van der Waals surface area contributed by atoms with Crippen LogP contribution < -0.4 is 5.32 Å². The lowest BCUT2D eigenvalue weighted by atomic mass is 10.2. The Kier molecular flexibility index (Phi) is 5.42. The third-order valence-electron chi connectivity index (χ3n) is 2.19. The van der Waals surface area contributed by atoms with Crippen LogP contribution in [-0.4, -0.2) is 32.5 Å². The van der Waals surface area contributed by atoms with Gasteiger partial charge < -0.3 is 14.8 Å². The molecule has 0 aliphatic carbocycles. The van der Waals surface area contributed by atoms with Crippen LogP contribution in [0.5, 0.6) is 0 Å². The molecule has 0 spiro atoms. The molecule has 0 aromatic rings. The highest BCUT2D eigenvalue weighted by molar-refractivity contribution is 5.92. The van der Waals surface area contributed by atoms with Gasteiger partial charge in [0.25, 0.3) is 0 Å². The van der Waals surface area contributed by atoms with Crippen LogP contribution in [0.15, 0.2) is 12.2 Å². The highest BCUT2D eigenvalue weighted by Gasteiger charge is 2.27. The molecule has 0 aromatic heterocycles. The fourth-order valence-corrected chi connectivity index (χ4v) is 1.01. The quantitative estimate of drug-likeness (QED) is 0.516. The van der Waals surface area contributed by atoms with Gasteiger partial charge in [0.05, 0.1) is 6.54 Å². The Morgan fingerprint density at radius 1 is 1.43 bits per heavy atom. The zero-order valence-electron chi connectivity index (χ0n) is 9.35. The fourth-order valence-electron chi connectivity index (χ4n) is 1.01. The van der Waals surface area contributed by atoms with Crippen molar-refractivity contribution in [3.05, 3.63) is 12.2 Å². The highest BCUT2D eigenvalue weighted by Crippen LogP contribution is 2.14. The van der Waals surface area contributed by atoms with Crippen LogP contribution in [-0.2, 0) is 14.3 Å². The molecule has 0 bridgehead atoms. The summed E-state index contributed by atoms with van der Waals surface area (Å²) in [5.74, 6) is -0.914. The van der Waals surface area contributed by atoms with E-state index in [9.17, 15) is 4.79 Å². The molecular formula is C10H19NO3. The van der Waals surface area contributed by atoms with Gasteiger partial charge in [-0.2, -0.15) is 0 Å². The Balaban J connectivity index is 4.19. The second kappa shape index (κ2) is 5.78. The molecule has 1 N–H and O–H groups in total. The van der Waals surface area contributed by atoms with Gasteiger partial charge in [-0.1, -0.05) is 13.5 Å². The summed E-state index contributed by atoms with van der Waals surface area (Å²) in [5, 5.41) is 2.69. The fraction of sp³-hybridized carbons (Fsp3) is 0.700. The van der Waals surface area contributed by atoms with Gasteiger partial charge in [0.2, 0.25) is 5.91 Å². The standard InChI is InChI=1S/C10H19NO3/c1-6-10(13-4,14-5)7-11-9(12)8(2)3/h2,6-7H2,1,3-5H3,(H,11,12). The molecule has 0 atom stereocenters. The predicted octanol–water partition coefficient (Wildman–Crippen LogP) is 1.08. The van der Waals surface area contributed by atoms with Gasteiger partial charge in [0.15, 0.2) is 5.79 Å². The van der Waals surface area contributed by atoms with Crippen molar-refractivity contribution in [1.82, 2.24) is 5.32 Å². The normalized spacial score (nSPS) is 11.1. The largest absolute Gasteiger partial charge is 0.352 e. The molecule has 0 unspecified atom stereocenters. The number of amides is 1. The molecule has 4 heteroatoms. The van der Waals surface area contributed by atoms with Gasteiger partial charge in [-0.25, -0.2) is 0 Å². The van der Waals surface area contributed by atoms with Crippen molar-refractivity contribution in [3.8, 4) is 0 Å². The molecule has 0 fully saturated rings.